The number of nitrogens with one attached hydrogen (secondary N) is 1. The minimum Gasteiger partial charge on any atom is -0.495 e. The molecule has 3 rings (SSSR count). The molecule has 0 aliphatic heterocycles. The number of methoxy groups -OCH3 is 1. The Morgan fingerprint density at radius 2 is 1.83 bits per heavy atom. The van der Waals surface area contributed by atoms with Crippen LogP contribution in [0.3, 0.4) is 0 Å². The van der Waals surface area contributed by atoms with Gasteiger partial charge in [0.25, 0.3) is 5.91 Å². The van der Waals surface area contributed by atoms with Crippen molar-refractivity contribution in [3.63, 3.8) is 0 Å². The van der Waals surface area contributed by atoms with Crippen LogP contribution in [0.15, 0.2) is 36.4 Å². The quantitative estimate of drug-likeness (QED) is 0.447. The number of carboxylic acids is 1. The molecule has 0 radical (unpaired) electrons. The summed E-state index contributed by atoms with van der Waals surface area (Å²) in [5.74, 6) is -2.43. The molecule has 35 heavy (non-hydrogen) atoms. The molecule has 0 saturated carbocycles. The average molecular weight is 509 g/mol. The first-order valence-electron chi connectivity index (χ1n) is 10.5. The SMILES string of the molecule is COc1cc2c(CC(=O)NCC(C)C(=O)O)c(C)n(C(=O)c3ccc(OC(F)F)cc3)c2cc1Cl. The first kappa shape index (κ1) is 26.0. The number of fused-ring (bicyclic) bond motifs is 1. The maximum atomic E-state index is 13.4. The number of ether oxygens (including phenoxy) is 2. The van der Waals surface area contributed by atoms with E-state index < -0.39 is 30.3 Å². The second kappa shape index (κ2) is 10.7. The van der Waals surface area contributed by atoms with E-state index in [1.165, 1.54) is 42.9 Å². The van der Waals surface area contributed by atoms with Gasteiger partial charge < -0.3 is 19.9 Å². The Morgan fingerprint density at radius 3 is 2.40 bits per heavy atom. The predicted octanol–water partition coefficient (Wildman–Crippen LogP) is 4.28. The number of rotatable bonds is 9. The van der Waals surface area contributed by atoms with Gasteiger partial charge in [-0.2, -0.15) is 8.78 Å². The number of alkyl halides is 2. The Labute approximate surface area is 204 Å². The van der Waals surface area contributed by atoms with Gasteiger partial charge in [-0.15, -0.1) is 0 Å². The normalized spacial score (nSPS) is 12.0. The van der Waals surface area contributed by atoms with Crippen molar-refractivity contribution >= 4 is 40.3 Å². The van der Waals surface area contributed by atoms with Crippen LogP contribution in [0.2, 0.25) is 5.02 Å². The Bertz CT molecular complexity index is 1270. The number of carbonyl (C=O) groups excluding carboxylic acids is 2. The molecule has 0 aliphatic carbocycles. The van der Waals surface area contributed by atoms with Crippen LogP contribution in [0.1, 0.15) is 28.5 Å². The third kappa shape index (κ3) is 5.71. The summed E-state index contributed by atoms with van der Waals surface area (Å²) in [7, 11) is 1.44. The number of carbonyl (C=O) groups is 3. The van der Waals surface area contributed by atoms with Crippen molar-refractivity contribution in [2.75, 3.05) is 13.7 Å². The summed E-state index contributed by atoms with van der Waals surface area (Å²) in [5.41, 5.74) is 1.61. The van der Waals surface area contributed by atoms with Gasteiger partial charge in [0.1, 0.15) is 11.5 Å². The van der Waals surface area contributed by atoms with Gasteiger partial charge in [-0.25, -0.2) is 0 Å². The highest BCUT2D eigenvalue weighted by molar-refractivity contribution is 6.33. The summed E-state index contributed by atoms with van der Waals surface area (Å²) in [6.45, 7) is 0.0989. The Balaban J connectivity index is 2.02. The number of halogens is 3. The first-order valence-corrected chi connectivity index (χ1v) is 10.9. The molecule has 0 aliphatic rings. The number of hydrogen-bond donors (Lipinski definition) is 2. The standard InChI is InChI=1S/C24H23ClF2N2O6/c1-12(23(32)33)11-28-21(30)9-16-13(2)29(19-10-18(25)20(34-3)8-17(16)19)22(31)14-4-6-15(7-5-14)35-24(26)27/h4-8,10,12,24H,9,11H2,1-3H3,(H,28,30)(H,32,33). The minimum absolute atomic E-state index is 0.0486. The van der Waals surface area contributed by atoms with Crippen molar-refractivity contribution in [3.05, 3.63) is 58.2 Å². The van der Waals surface area contributed by atoms with E-state index in [2.05, 4.69) is 10.1 Å². The number of nitrogens with zero attached hydrogens (tertiary/aromatic N) is 1. The summed E-state index contributed by atoms with van der Waals surface area (Å²) in [6.07, 6.45) is -0.124. The van der Waals surface area contributed by atoms with E-state index in [1.807, 2.05) is 0 Å². The Hall–Kier alpha value is -3.66. The highest BCUT2D eigenvalue weighted by atomic mass is 35.5. The molecule has 0 spiro atoms. The van der Waals surface area contributed by atoms with Crippen LogP contribution in [0.5, 0.6) is 11.5 Å². The van der Waals surface area contributed by atoms with Crippen molar-refractivity contribution in [2.45, 2.75) is 26.9 Å². The zero-order chi connectivity index (χ0) is 25.9. The predicted molar refractivity (Wildman–Crippen MR) is 125 cm³/mol. The maximum absolute atomic E-state index is 13.4. The lowest BCUT2D eigenvalue weighted by Gasteiger charge is -2.10. The fourth-order valence-electron chi connectivity index (χ4n) is 3.61. The lowest BCUT2D eigenvalue weighted by Crippen LogP contribution is -2.32. The number of amides is 1. The Morgan fingerprint density at radius 1 is 1.17 bits per heavy atom. The largest absolute Gasteiger partial charge is 0.495 e. The maximum Gasteiger partial charge on any atom is 0.387 e. The van der Waals surface area contributed by atoms with Gasteiger partial charge in [-0.05, 0) is 48.9 Å². The lowest BCUT2D eigenvalue weighted by atomic mass is 10.1. The van der Waals surface area contributed by atoms with E-state index in [9.17, 15) is 23.2 Å². The first-order chi connectivity index (χ1) is 16.5. The van der Waals surface area contributed by atoms with Gasteiger partial charge in [-0.3, -0.25) is 19.0 Å². The molecule has 11 heteroatoms. The van der Waals surface area contributed by atoms with E-state index in [0.29, 0.717) is 27.9 Å². The van der Waals surface area contributed by atoms with Crippen molar-refractivity contribution in [1.29, 1.82) is 0 Å². The fraction of sp³-hybridized carbons (Fsp3) is 0.292. The lowest BCUT2D eigenvalue weighted by molar-refractivity contribution is -0.141. The summed E-state index contributed by atoms with van der Waals surface area (Å²) in [5, 5.41) is 12.4. The second-order valence-electron chi connectivity index (χ2n) is 7.83. The summed E-state index contributed by atoms with van der Waals surface area (Å²) in [6, 6.07) is 8.40. The fourth-order valence-corrected chi connectivity index (χ4v) is 3.84. The molecule has 1 aromatic heterocycles. The van der Waals surface area contributed by atoms with E-state index in [-0.39, 0.29) is 29.3 Å². The van der Waals surface area contributed by atoms with E-state index in [1.54, 1.807) is 19.1 Å². The molecular formula is C24H23ClF2N2O6. The van der Waals surface area contributed by atoms with Gasteiger partial charge in [-0.1, -0.05) is 18.5 Å². The van der Waals surface area contributed by atoms with E-state index >= 15 is 0 Å². The molecule has 2 N–H and O–H groups in total. The number of hydrogen-bond acceptors (Lipinski definition) is 5. The van der Waals surface area contributed by atoms with E-state index in [4.69, 9.17) is 21.4 Å². The topological polar surface area (TPSA) is 107 Å². The van der Waals surface area contributed by atoms with Crippen LogP contribution in [0.25, 0.3) is 10.9 Å². The monoisotopic (exact) mass is 508 g/mol. The summed E-state index contributed by atoms with van der Waals surface area (Å²) < 4.78 is 35.9. The van der Waals surface area contributed by atoms with Crippen molar-refractivity contribution in [1.82, 2.24) is 9.88 Å². The zero-order valence-corrected chi connectivity index (χ0v) is 19.9. The number of aliphatic carboxylic acids is 1. The molecular weight excluding hydrogens is 486 g/mol. The van der Waals surface area contributed by atoms with Gasteiger partial charge in [0.2, 0.25) is 5.91 Å². The third-order valence-electron chi connectivity index (χ3n) is 5.50. The van der Waals surface area contributed by atoms with Crippen LogP contribution >= 0.6 is 11.6 Å². The van der Waals surface area contributed by atoms with Gasteiger partial charge in [0.05, 0.1) is 30.0 Å². The second-order valence-corrected chi connectivity index (χ2v) is 8.24. The molecule has 8 nitrogen and oxygen atoms in total. The number of benzene rings is 2. The number of aromatic nitrogens is 1. The van der Waals surface area contributed by atoms with E-state index in [0.717, 1.165) is 0 Å². The van der Waals surface area contributed by atoms with Crippen LogP contribution in [-0.2, 0) is 16.0 Å². The van der Waals surface area contributed by atoms with Gasteiger partial charge in [0.15, 0.2) is 0 Å². The van der Waals surface area contributed by atoms with Crippen LogP contribution in [-0.4, -0.2) is 47.7 Å². The minimum atomic E-state index is -2.99. The average Bonchev–Trinajstić information content (AvgIpc) is 3.06. The van der Waals surface area contributed by atoms with Crippen molar-refractivity contribution in [2.24, 2.45) is 5.92 Å². The van der Waals surface area contributed by atoms with Crippen LogP contribution in [0, 0.1) is 12.8 Å². The molecule has 1 heterocycles. The van der Waals surface area contributed by atoms with Crippen LogP contribution < -0.4 is 14.8 Å². The molecule has 2 aromatic carbocycles. The number of carboxylic acid groups (broad SMARTS) is 1. The van der Waals surface area contributed by atoms with Gasteiger partial charge in [0, 0.05) is 23.2 Å². The third-order valence-corrected chi connectivity index (χ3v) is 5.80. The highest BCUT2D eigenvalue weighted by Gasteiger charge is 2.24. The smallest absolute Gasteiger partial charge is 0.387 e. The Kier molecular flexibility index (Phi) is 7.96. The molecule has 1 amide bonds. The molecule has 1 atom stereocenters. The summed E-state index contributed by atoms with van der Waals surface area (Å²) in [4.78, 5) is 37.0. The van der Waals surface area contributed by atoms with Gasteiger partial charge >= 0.3 is 12.6 Å². The highest BCUT2D eigenvalue weighted by Crippen LogP contribution is 2.35. The summed E-state index contributed by atoms with van der Waals surface area (Å²) >= 11 is 6.30. The molecule has 186 valence electrons. The molecule has 0 bridgehead atoms. The van der Waals surface area contributed by atoms with Crippen LogP contribution in [0.4, 0.5) is 8.78 Å². The molecule has 1 unspecified atom stereocenters. The van der Waals surface area contributed by atoms with Crippen molar-refractivity contribution < 1.29 is 37.7 Å². The van der Waals surface area contributed by atoms with Crippen molar-refractivity contribution in [3.8, 4) is 11.5 Å². The molecule has 3 aromatic rings. The molecule has 0 fully saturated rings. The molecule has 0 saturated heterocycles. The zero-order valence-electron chi connectivity index (χ0n) is 19.1.